The third-order valence-electron chi connectivity index (χ3n) is 4.81. The third-order valence-corrected chi connectivity index (χ3v) is 4.81. The molecule has 3 aromatic carbocycles. The molecule has 0 saturated carbocycles. The third kappa shape index (κ3) is 7.25. The second-order valence-electron chi connectivity index (χ2n) is 7.45. The van der Waals surface area contributed by atoms with Gasteiger partial charge in [0, 0.05) is 25.7 Å². The van der Waals surface area contributed by atoms with Crippen molar-refractivity contribution in [2.75, 3.05) is 12.4 Å². The largest absolute Gasteiger partial charge is 0.493 e. The SMILES string of the molecule is COc1cc(CNCc2ccc(NC(C)=O)cc2)ccc1OCc1cccc(C(F)(F)F)c1. The van der Waals surface area contributed by atoms with E-state index in [-0.39, 0.29) is 12.5 Å². The summed E-state index contributed by atoms with van der Waals surface area (Å²) in [6.07, 6.45) is -4.39. The van der Waals surface area contributed by atoms with Gasteiger partial charge in [-0.3, -0.25) is 4.79 Å². The van der Waals surface area contributed by atoms with Crippen LogP contribution in [-0.4, -0.2) is 13.0 Å². The van der Waals surface area contributed by atoms with Crippen molar-refractivity contribution in [1.82, 2.24) is 5.32 Å². The van der Waals surface area contributed by atoms with Crippen LogP contribution in [0.5, 0.6) is 11.5 Å². The zero-order valence-corrected chi connectivity index (χ0v) is 18.3. The lowest BCUT2D eigenvalue weighted by Crippen LogP contribution is -2.13. The van der Waals surface area contributed by atoms with Crippen molar-refractivity contribution < 1.29 is 27.4 Å². The molecule has 3 rings (SSSR count). The number of nitrogens with one attached hydrogen (secondary N) is 2. The molecule has 0 atom stereocenters. The van der Waals surface area contributed by atoms with Crippen LogP contribution in [0.2, 0.25) is 0 Å². The van der Waals surface area contributed by atoms with Crippen LogP contribution in [0.1, 0.15) is 29.2 Å². The fourth-order valence-corrected chi connectivity index (χ4v) is 3.20. The molecule has 0 bridgehead atoms. The molecule has 0 aliphatic carbocycles. The lowest BCUT2D eigenvalue weighted by Gasteiger charge is -2.14. The molecule has 8 heteroatoms. The molecule has 0 unspecified atom stereocenters. The molecule has 0 saturated heterocycles. The average molecular weight is 458 g/mol. The number of carbonyl (C=O) groups excluding carboxylic acids is 1. The number of rotatable bonds is 9. The number of ether oxygens (including phenoxy) is 2. The molecule has 0 aliphatic heterocycles. The molecule has 0 aliphatic rings. The van der Waals surface area contributed by atoms with Crippen molar-refractivity contribution in [3.05, 3.63) is 89.0 Å². The van der Waals surface area contributed by atoms with Crippen LogP contribution in [0.15, 0.2) is 66.7 Å². The van der Waals surface area contributed by atoms with Crippen LogP contribution in [0.4, 0.5) is 18.9 Å². The number of methoxy groups -OCH3 is 1. The van der Waals surface area contributed by atoms with Gasteiger partial charge in [-0.15, -0.1) is 0 Å². The Bertz CT molecular complexity index is 1080. The average Bonchev–Trinajstić information content (AvgIpc) is 2.78. The molecule has 0 heterocycles. The number of anilines is 1. The summed E-state index contributed by atoms with van der Waals surface area (Å²) in [5.74, 6) is 0.838. The Morgan fingerprint density at radius 2 is 1.58 bits per heavy atom. The van der Waals surface area contributed by atoms with Gasteiger partial charge >= 0.3 is 6.18 Å². The standard InChI is InChI=1S/C25H25F3N2O3/c1-17(31)30-22-9-6-18(7-10-22)14-29-15-19-8-11-23(24(13-19)32-2)33-16-20-4-3-5-21(12-20)25(26,27)28/h3-13,29H,14-16H2,1-2H3,(H,30,31). The lowest BCUT2D eigenvalue weighted by atomic mass is 10.1. The molecule has 1 amide bonds. The summed E-state index contributed by atoms with van der Waals surface area (Å²) in [4.78, 5) is 11.1. The van der Waals surface area contributed by atoms with E-state index in [9.17, 15) is 18.0 Å². The van der Waals surface area contributed by atoms with Crippen molar-refractivity contribution in [2.24, 2.45) is 0 Å². The van der Waals surface area contributed by atoms with Gasteiger partial charge in [0.1, 0.15) is 6.61 Å². The summed E-state index contributed by atoms with van der Waals surface area (Å²) >= 11 is 0. The first-order valence-corrected chi connectivity index (χ1v) is 10.3. The van der Waals surface area contributed by atoms with Crippen LogP contribution < -0.4 is 20.1 Å². The van der Waals surface area contributed by atoms with E-state index < -0.39 is 11.7 Å². The van der Waals surface area contributed by atoms with E-state index >= 15 is 0 Å². The first-order valence-electron chi connectivity index (χ1n) is 10.3. The maximum atomic E-state index is 12.9. The van der Waals surface area contributed by atoms with E-state index in [0.717, 1.165) is 28.9 Å². The Kier molecular flexibility index (Phi) is 7.95. The summed E-state index contributed by atoms with van der Waals surface area (Å²) in [6, 6.07) is 18.1. The van der Waals surface area contributed by atoms with E-state index in [0.29, 0.717) is 30.2 Å². The van der Waals surface area contributed by atoms with Gasteiger partial charge in [-0.25, -0.2) is 0 Å². The van der Waals surface area contributed by atoms with Crippen molar-refractivity contribution in [3.63, 3.8) is 0 Å². The molecule has 5 nitrogen and oxygen atoms in total. The van der Waals surface area contributed by atoms with Crippen molar-refractivity contribution in [3.8, 4) is 11.5 Å². The summed E-state index contributed by atoms with van der Waals surface area (Å²) in [6.45, 7) is 2.67. The molecule has 3 aromatic rings. The molecular formula is C25H25F3N2O3. The van der Waals surface area contributed by atoms with Crippen molar-refractivity contribution >= 4 is 11.6 Å². The molecule has 0 fully saturated rings. The highest BCUT2D eigenvalue weighted by Gasteiger charge is 2.30. The molecule has 174 valence electrons. The minimum Gasteiger partial charge on any atom is -0.493 e. The minimum atomic E-state index is -4.39. The Morgan fingerprint density at radius 1 is 0.879 bits per heavy atom. The Hall–Kier alpha value is -3.52. The number of benzene rings is 3. The smallest absolute Gasteiger partial charge is 0.416 e. The molecular weight excluding hydrogens is 433 g/mol. The van der Waals surface area contributed by atoms with E-state index in [2.05, 4.69) is 10.6 Å². The molecule has 2 N–H and O–H groups in total. The Balaban J connectivity index is 1.55. The zero-order valence-electron chi connectivity index (χ0n) is 18.3. The first-order chi connectivity index (χ1) is 15.7. The predicted molar refractivity (Wildman–Crippen MR) is 120 cm³/mol. The number of amides is 1. The highest BCUT2D eigenvalue weighted by Crippen LogP contribution is 2.31. The Labute approximate surface area is 190 Å². The highest BCUT2D eigenvalue weighted by atomic mass is 19.4. The molecule has 33 heavy (non-hydrogen) atoms. The van der Waals surface area contributed by atoms with E-state index in [1.54, 1.807) is 12.1 Å². The maximum absolute atomic E-state index is 12.9. The van der Waals surface area contributed by atoms with Crippen molar-refractivity contribution in [2.45, 2.75) is 32.8 Å². The van der Waals surface area contributed by atoms with Crippen LogP contribution in [0, 0.1) is 0 Å². The van der Waals surface area contributed by atoms with Crippen LogP contribution >= 0.6 is 0 Å². The second-order valence-corrected chi connectivity index (χ2v) is 7.45. The van der Waals surface area contributed by atoms with Gasteiger partial charge in [-0.05, 0) is 53.1 Å². The minimum absolute atomic E-state index is 0.00758. The monoisotopic (exact) mass is 458 g/mol. The molecule has 0 aromatic heterocycles. The molecule has 0 radical (unpaired) electrons. The van der Waals surface area contributed by atoms with Gasteiger partial charge in [0.05, 0.1) is 12.7 Å². The number of halogens is 3. The first kappa shape index (κ1) is 24.1. The van der Waals surface area contributed by atoms with Gasteiger partial charge in [0.15, 0.2) is 11.5 Å². The Morgan fingerprint density at radius 3 is 2.24 bits per heavy atom. The fraction of sp³-hybridized carbons (Fsp3) is 0.240. The lowest BCUT2D eigenvalue weighted by molar-refractivity contribution is -0.137. The van der Waals surface area contributed by atoms with Gasteiger partial charge < -0.3 is 20.1 Å². The van der Waals surface area contributed by atoms with Gasteiger partial charge in [0.2, 0.25) is 5.91 Å². The number of carbonyl (C=O) groups is 1. The van der Waals surface area contributed by atoms with Crippen LogP contribution in [-0.2, 0) is 30.7 Å². The number of alkyl halides is 3. The summed E-state index contributed by atoms with van der Waals surface area (Å²) in [7, 11) is 1.51. The topological polar surface area (TPSA) is 59.6 Å². The second kappa shape index (κ2) is 10.9. The fourth-order valence-electron chi connectivity index (χ4n) is 3.20. The number of hydrogen-bond acceptors (Lipinski definition) is 4. The highest BCUT2D eigenvalue weighted by molar-refractivity contribution is 5.88. The predicted octanol–water partition coefficient (Wildman–Crippen LogP) is 5.54. The van der Waals surface area contributed by atoms with Crippen LogP contribution in [0.25, 0.3) is 0 Å². The van der Waals surface area contributed by atoms with Crippen LogP contribution in [0.3, 0.4) is 0 Å². The van der Waals surface area contributed by atoms with E-state index in [1.807, 2.05) is 36.4 Å². The van der Waals surface area contributed by atoms with Crippen molar-refractivity contribution in [1.29, 1.82) is 0 Å². The van der Waals surface area contributed by atoms with Gasteiger partial charge in [-0.1, -0.05) is 30.3 Å². The van der Waals surface area contributed by atoms with Gasteiger partial charge in [-0.2, -0.15) is 13.2 Å². The summed E-state index contributed by atoms with van der Waals surface area (Å²) in [5, 5.41) is 6.06. The summed E-state index contributed by atoms with van der Waals surface area (Å²) in [5.41, 5.74) is 2.49. The summed E-state index contributed by atoms with van der Waals surface area (Å²) < 4.78 is 49.8. The quantitative estimate of drug-likeness (QED) is 0.442. The van der Waals surface area contributed by atoms with Gasteiger partial charge in [0.25, 0.3) is 0 Å². The molecule has 0 spiro atoms. The number of hydrogen-bond donors (Lipinski definition) is 2. The normalized spacial score (nSPS) is 11.2. The maximum Gasteiger partial charge on any atom is 0.416 e. The van der Waals surface area contributed by atoms with E-state index in [4.69, 9.17) is 9.47 Å². The zero-order chi connectivity index (χ0) is 23.8. The van der Waals surface area contributed by atoms with E-state index in [1.165, 1.54) is 20.1 Å².